The summed E-state index contributed by atoms with van der Waals surface area (Å²) in [6.07, 6.45) is 0.0488. The maximum atomic E-state index is 14.8. The number of hydrogen-bond donors (Lipinski definition) is 3. The molecule has 4 heterocycles. The van der Waals surface area contributed by atoms with Crippen molar-refractivity contribution < 1.29 is 50.2 Å². The van der Waals surface area contributed by atoms with E-state index in [0.29, 0.717) is 56.9 Å². The minimum Gasteiger partial charge on any atom is -0.472 e. The molecule has 2 saturated carbocycles. The van der Waals surface area contributed by atoms with E-state index in [0.717, 1.165) is 0 Å². The second-order valence-corrected chi connectivity index (χ2v) is 19.1. The Balaban J connectivity index is 1.24. The summed E-state index contributed by atoms with van der Waals surface area (Å²) < 4.78 is 81.6. The average Bonchev–Trinajstić information content (AvgIpc) is 3.92. The number of alkyl halides is 3. The quantitative estimate of drug-likeness (QED) is 0.291. The highest BCUT2D eigenvalue weighted by atomic mass is 32.2. The summed E-state index contributed by atoms with van der Waals surface area (Å²) in [6.45, 7) is 6.30. The zero-order valence-electron chi connectivity index (χ0n) is 32.7. The molecule has 0 unspecified atom stereocenters. The predicted octanol–water partition coefficient (Wildman–Crippen LogP) is 3.95. The summed E-state index contributed by atoms with van der Waals surface area (Å²) in [5.74, 6) is -3.37. The minimum absolute atomic E-state index is 0.0437. The maximum absolute atomic E-state index is 14.8. The summed E-state index contributed by atoms with van der Waals surface area (Å²) in [6, 6.07) is 4.36. The number of fused-ring (bicyclic) bond motifs is 5. The Kier molecular flexibility index (Phi) is 10.4. The Morgan fingerprint density at radius 3 is 2.52 bits per heavy atom. The average molecular weight is 833 g/mol. The van der Waals surface area contributed by atoms with Crippen LogP contribution in [-0.4, -0.2) is 104 Å². The number of nitrogens with zero attached hydrogens (tertiary/aromatic N) is 5. The number of sulfonamides is 1. The van der Waals surface area contributed by atoms with Gasteiger partial charge in [-0.05, 0) is 83.3 Å². The van der Waals surface area contributed by atoms with E-state index in [2.05, 4.69) is 30.5 Å². The van der Waals surface area contributed by atoms with Crippen molar-refractivity contribution in [3.63, 3.8) is 0 Å². The summed E-state index contributed by atoms with van der Waals surface area (Å²) in [5.41, 5.74) is -3.88. The third-order valence-electron chi connectivity index (χ3n) is 12.0. The third kappa shape index (κ3) is 7.78. The largest absolute Gasteiger partial charge is 0.472 e. The molecule has 4 amide bonds. The number of allylic oxidation sites excluding steroid dienone is 1. The number of aromatic nitrogens is 4. The van der Waals surface area contributed by atoms with E-state index in [1.54, 1.807) is 35.6 Å². The zero-order chi connectivity index (χ0) is 42.0. The molecule has 1 aromatic carbocycles. The predicted molar refractivity (Wildman–Crippen MR) is 201 cm³/mol. The van der Waals surface area contributed by atoms with Gasteiger partial charge in [0, 0.05) is 12.3 Å². The van der Waals surface area contributed by atoms with Crippen LogP contribution in [0, 0.1) is 17.8 Å². The Bertz CT molecular complexity index is 2280. The molecule has 2 aromatic heterocycles. The fourth-order valence-corrected chi connectivity index (χ4v) is 9.09. The van der Waals surface area contributed by atoms with Gasteiger partial charge in [0.2, 0.25) is 33.3 Å². The van der Waals surface area contributed by atoms with E-state index in [9.17, 15) is 40.8 Å². The third-order valence-corrected chi connectivity index (χ3v) is 14.1. The SMILES string of the molecule is C[C@H]1CC/C=C\[C@@H]2C[C@@]2(C(=O)NS(=O)(=O)C2(C)CC2)NC(=O)[C@@H]2C[C@@H](Oc3nc4nncn4c4ccccc34)CN2C(=O)[C@@H](NC(=O)OC(C)(C)C(F)(F)F)[C@H](C)C1. The second-order valence-electron chi connectivity index (χ2n) is 16.9. The minimum atomic E-state index is -4.92. The number of benzene rings is 1. The number of rotatable bonds is 7. The molecule has 1 saturated heterocycles. The van der Waals surface area contributed by atoms with Gasteiger partial charge in [0.05, 0.1) is 22.2 Å². The molecule has 0 spiro atoms. The number of alkyl carbamates (subject to hydrolysis) is 1. The van der Waals surface area contributed by atoms with Crippen molar-refractivity contribution >= 4 is 50.5 Å². The first kappa shape index (κ1) is 41.2. The van der Waals surface area contributed by atoms with Crippen LogP contribution in [0.2, 0.25) is 0 Å². The van der Waals surface area contributed by atoms with E-state index in [4.69, 9.17) is 9.47 Å². The highest BCUT2D eigenvalue weighted by Crippen LogP contribution is 2.48. The maximum Gasteiger partial charge on any atom is 0.427 e. The van der Waals surface area contributed by atoms with Crippen molar-refractivity contribution in [3.05, 3.63) is 42.7 Å². The summed E-state index contributed by atoms with van der Waals surface area (Å²) in [7, 11) is -4.08. The fourth-order valence-electron chi connectivity index (χ4n) is 7.78. The van der Waals surface area contributed by atoms with E-state index in [1.807, 2.05) is 19.1 Å². The van der Waals surface area contributed by atoms with Crippen LogP contribution >= 0.6 is 0 Å². The number of halogens is 3. The molecular weight excluding hydrogens is 786 g/mol. The Labute approximate surface area is 332 Å². The smallest absolute Gasteiger partial charge is 0.427 e. The number of hydrogen-bond acceptors (Lipinski definition) is 11. The van der Waals surface area contributed by atoms with Crippen LogP contribution in [0.25, 0.3) is 16.7 Å². The molecule has 314 valence electrons. The lowest BCUT2D eigenvalue weighted by Crippen LogP contribution is -2.59. The number of carbonyl (C=O) groups excluding carboxylic acids is 4. The molecule has 2 aliphatic heterocycles. The van der Waals surface area contributed by atoms with E-state index in [1.165, 1.54) is 18.2 Å². The molecule has 2 aliphatic carbocycles. The molecular formula is C38H47F3N8O8S. The second kappa shape index (κ2) is 14.7. The highest BCUT2D eigenvalue weighted by Gasteiger charge is 2.63. The molecule has 58 heavy (non-hydrogen) atoms. The van der Waals surface area contributed by atoms with E-state index < -0.39 is 85.9 Å². The van der Waals surface area contributed by atoms with Gasteiger partial charge in [-0.3, -0.25) is 23.5 Å². The lowest BCUT2D eigenvalue weighted by atomic mass is 9.88. The number of carbonyl (C=O) groups is 4. The van der Waals surface area contributed by atoms with Gasteiger partial charge in [-0.15, -0.1) is 10.2 Å². The monoisotopic (exact) mass is 832 g/mol. The Hall–Kier alpha value is -5.01. The van der Waals surface area contributed by atoms with Crippen molar-refractivity contribution in [1.29, 1.82) is 0 Å². The number of para-hydroxylation sites is 1. The Morgan fingerprint density at radius 1 is 1.09 bits per heavy atom. The molecule has 16 nitrogen and oxygen atoms in total. The highest BCUT2D eigenvalue weighted by molar-refractivity contribution is 7.91. The van der Waals surface area contributed by atoms with Crippen LogP contribution in [-0.2, 0) is 29.1 Å². The Morgan fingerprint density at radius 2 is 1.81 bits per heavy atom. The molecule has 3 fully saturated rings. The standard InChI is InChI=1S/C38H47F3N8O8S/c1-21-10-6-7-11-23-18-37(23,32(52)47-58(54,55)36(5)14-15-36)45-29(50)27-17-24(56-30-25-12-8-9-13-26(25)49-20-42-46-33(49)44-30)19-48(27)31(51)28(22(2)16-21)43-34(53)57-35(3,4)38(39,40)41/h7-9,11-13,20-24,27-28H,6,10,14-19H2,1-5H3,(H,43,53)(H,45,50)(H,47,52)/b11-7-/t21-,22+,23+,24+,27-,28-,37+/m0/s1. The number of ether oxygens (including phenoxy) is 2. The van der Waals surface area contributed by atoms with E-state index in [-0.39, 0.29) is 37.0 Å². The van der Waals surface area contributed by atoms with Crippen LogP contribution < -0.4 is 20.1 Å². The van der Waals surface area contributed by atoms with Crippen LogP contribution in [0.15, 0.2) is 42.7 Å². The summed E-state index contributed by atoms with van der Waals surface area (Å²) >= 11 is 0. The molecule has 0 bridgehead atoms. The van der Waals surface area contributed by atoms with Gasteiger partial charge in [0.1, 0.15) is 30.1 Å². The first-order valence-electron chi connectivity index (χ1n) is 19.3. The number of nitrogens with one attached hydrogen (secondary N) is 3. The molecule has 4 aliphatic rings. The van der Waals surface area contributed by atoms with Crippen molar-refractivity contribution in [2.75, 3.05) is 6.54 Å². The van der Waals surface area contributed by atoms with Gasteiger partial charge in [-0.25, -0.2) is 13.2 Å². The molecule has 3 N–H and O–H groups in total. The van der Waals surface area contributed by atoms with Crippen molar-refractivity contribution in [1.82, 2.24) is 39.8 Å². The normalized spacial score (nSPS) is 29.6. The molecule has 7 atom stereocenters. The molecule has 20 heteroatoms. The van der Waals surface area contributed by atoms with Crippen LogP contribution in [0.5, 0.6) is 5.88 Å². The van der Waals surface area contributed by atoms with Gasteiger partial charge in [0.15, 0.2) is 0 Å². The van der Waals surface area contributed by atoms with Crippen molar-refractivity contribution in [2.45, 2.75) is 120 Å². The van der Waals surface area contributed by atoms with Gasteiger partial charge in [-0.1, -0.05) is 38.1 Å². The zero-order valence-corrected chi connectivity index (χ0v) is 33.5. The van der Waals surface area contributed by atoms with Crippen LogP contribution in [0.1, 0.15) is 79.6 Å². The molecule has 3 aromatic rings. The molecule has 7 rings (SSSR count). The lowest BCUT2D eigenvalue weighted by molar-refractivity contribution is -0.244. The van der Waals surface area contributed by atoms with Crippen LogP contribution in [0.4, 0.5) is 18.0 Å². The first-order valence-corrected chi connectivity index (χ1v) is 20.8. The van der Waals surface area contributed by atoms with Crippen molar-refractivity contribution in [3.8, 4) is 5.88 Å². The molecule has 0 radical (unpaired) electrons. The topological polar surface area (TPSA) is 203 Å². The summed E-state index contributed by atoms with van der Waals surface area (Å²) in [5, 5.41) is 13.7. The van der Waals surface area contributed by atoms with E-state index >= 15 is 0 Å². The lowest BCUT2D eigenvalue weighted by Gasteiger charge is -2.34. The fraction of sp³-hybridized carbons (Fsp3) is 0.605. The number of amides is 4. The van der Waals surface area contributed by atoms with Crippen molar-refractivity contribution in [2.24, 2.45) is 17.8 Å². The van der Waals surface area contributed by atoms with Gasteiger partial charge in [-0.2, -0.15) is 18.2 Å². The first-order chi connectivity index (χ1) is 27.1. The van der Waals surface area contributed by atoms with Gasteiger partial charge in [0.25, 0.3) is 11.7 Å². The van der Waals surface area contributed by atoms with Gasteiger partial charge >= 0.3 is 12.3 Å². The van der Waals surface area contributed by atoms with Gasteiger partial charge < -0.3 is 25.0 Å². The summed E-state index contributed by atoms with van der Waals surface area (Å²) in [4.78, 5) is 62.1. The van der Waals surface area contributed by atoms with Crippen LogP contribution in [0.3, 0.4) is 0 Å².